The third-order valence-electron chi connectivity index (χ3n) is 4.03. The van der Waals surface area contributed by atoms with E-state index in [9.17, 15) is 8.42 Å². The number of halogens is 1. The minimum atomic E-state index is -3.73. The molecular weight excluding hydrogens is 396 g/mol. The van der Waals surface area contributed by atoms with Gasteiger partial charge in [0.05, 0.1) is 10.6 Å². The van der Waals surface area contributed by atoms with E-state index in [2.05, 4.69) is 9.71 Å². The summed E-state index contributed by atoms with van der Waals surface area (Å²) in [4.78, 5) is 4.48. The van der Waals surface area contributed by atoms with Crippen molar-refractivity contribution >= 4 is 38.2 Å². The van der Waals surface area contributed by atoms with Gasteiger partial charge in [-0.1, -0.05) is 35.9 Å². The van der Waals surface area contributed by atoms with Crippen LogP contribution >= 0.6 is 11.6 Å². The molecule has 0 bridgehead atoms. The molecule has 0 radical (unpaired) electrons. The van der Waals surface area contributed by atoms with Crippen LogP contribution in [0.15, 0.2) is 90.0 Å². The standard InChI is InChI=1S/C21H15ClN2O3S/c22-16-9-11-19(12-10-16)28(25,26)24-17-6-2-7-18(14-17)27-20-8-1-4-15-5-3-13-23-21(15)20/h1-14,24H. The van der Waals surface area contributed by atoms with Gasteiger partial charge >= 0.3 is 0 Å². The number of sulfonamides is 1. The quantitative estimate of drug-likeness (QED) is 0.473. The van der Waals surface area contributed by atoms with Gasteiger partial charge in [0.15, 0.2) is 5.75 Å². The number of fused-ring (bicyclic) bond motifs is 1. The molecule has 0 aliphatic carbocycles. The lowest BCUT2D eigenvalue weighted by Gasteiger charge is -2.11. The molecule has 1 heterocycles. The number of nitrogens with zero attached hydrogens (tertiary/aromatic N) is 1. The predicted molar refractivity (Wildman–Crippen MR) is 111 cm³/mol. The lowest BCUT2D eigenvalue weighted by Crippen LogP contribution is -2.12. The number of nitrogens with one attached hydrogen (secondary N) is 1. The van der Waals surface area contributed by atoms with Gasteiger partial charge in [-0.2, -0.15) is 0 Å². The number of ether oxygens (including phenoxy) is 1. The maximum Gasteiger partial charge on any atom is 0.261 e. The zero-order valence-corrected chi connectivity index (χ0v) is 16.1. The first-order chi connectivity index (χ1) is 13.5. The van der Waals surface area contributed by atoms with Gasteiger partial charge in [0.25, 0.3) is 10.0 Å². The van der Waals surface area contributed by atoms with Gasteiger partial charge in [0.1, 0.15) is 11.3 Å². The molecule has 0 aliphatic rings. The molecule has 0 saturated carbocycles. The van der Waals surface area contributed by atoms with Gasteiger partial charge in [-0.3, -0.25) is 9.71 Å². The van der Waals surface area contributed by atoms with E-state index in [0.29, 0.717) is 22.2 Å². The number of benzene rings is 3. The number of rotatable bonds is 5. The van der Waals surface area contributed by atoms with E-state index in [-0.39, 0.29) is 4.90 Å². The van der Waals surface area contributed by atoms with Crippen molar-refractivity contribution < 1.29 is 13.2 Å². The highest BCUT2D eigenvalue weighted by molar-refractivity contribution is 7.92. The summed E-state index contributed by atoms with van der Waals surface area (Å²) in [6.45, 7) is 0. The summed E-state index contributed by atoms with van der Waals surface area (Å²) in [6.07, 6.45) is 1.70. The Hall–Kier alpha value is -3.09. The number of para-hydroxylation sites is 1. The van der Waals surface area contributed by atoms with Crippen molar-refractivity contribution in [3.8, 4) is 11.5 Å². The van der Waals surface area contributed by atoms with Crippen molar-refractivity contribution in [2.24, 2.45) is 0 Å². The Bertz CT molecular complexity index is 1240. The molecule has 0 fully saturated rings. The highest BCUT2D eigenvalue weighted by Crippen LogP contribution is 2.30. The maximum atomic E-state index is 12.6. The minimum Gasteiger partial charge on any atom is -0.455 e. The van der Waals surface area contributed by atoms with Gasteiger partial charge in [-0.25, -0.2) is 8.42 Å². The van der Waals surface area contributed by atoms with Crippen molar-refractivity contribution in [3.63, 3.8) is 0 Å². The largest absolute Gasteiger partial charge is 0.455 e. The van der Waals surface area contributed by atoms with Crippen molar-refractivity contribution in [2.45, 2.75) is 4.90 Å². The summed E-state index contributed by atoms with van der Waals surface area (Å²) in [5, 5.41) is 1.43. The second kappa shape index (κ2) is 7.50. The van der Waals surface area contributed by atoms with Crippen LogP contribution in [-0.2, 0) is 10.0 Å². The summed E-state index contributed by atoms with van der Waals surface area (Å²) in [6, 6.07) is 22.2. The van der Waals surface area contributed by atoms with Gasteiger partial charge in [0.2, 0.25) is 0 Å². The number of hydrogen-bond donors (Lipinski definition) is 1. The first-order valence-electron chi connectivity index (χ1n) is 8.41. The number of anilines is 1. The van der Waals surface area contributed by atoms with Crippen LogP contribution in [0.1, 0.15) is 0 Å². The molecule has 0 saturated heterocycles. The van der Waals surface area contributed by atoms with E-state index in [4.69, 9.17) is 16.3 Å². The van der Waals surface area contributed by atoms with Crippen molar-refractivity contribution in [3.05, 3.63) is 90.1 Å². The summed E-state index contributed by atoms with van der Waals surface area (Å²) >= 11 is 5.82. The van der Waals surface area contributed by atoms with Crippen molar-refractivity contribution in [1.82, 2.24) is 4.98 Å². The van der Waals surface area contributed by atoms with Crippen LogP contribution in [0, 0.1) is 0 Å². The lowest BCUT2D eigenvalue weighted by atomic mass is 10.2. The second-order valence-electron chi connectivity index (χ2n) is 6.02. The van der Waals surface area contributed by atoms with Crippen LogP contribution in [-0.4, -0.2) is 13.4 Å². The second-order valence-corrected chi connectivity index (χ2v) is 8.14. The van der Waals surface area contributed by atoms with Crippen molar-refractivity contribution in [1.29, 1.82) is 0 Å². The zero-order chi connectivity index (χ0) is 19.6. The Morgan fingerprint density at radius 2 is 1.64 bits per heavy atom. The van der Waals surface area contributed by atoms with Crippen LogP contribution in [0.2, 0.25) is 5.02 Å². The molecule has 28 heavy (non-hydrogen) atoms. The van der Waals surface area contributed by atoms with E-state index in [0.717, 1.165) is 10.9 Å². The van der Waals surface area contributed by atoms with Crippen LogP contribution in [0.4, 0.5) is 5.69 Å². The monoisotopic (exact) mass is 410 g/mol. The summed E-state index contributed by atoms with van der Waals surface area (Å²) in [5.74, 6) is 1.09. The molecule has 1 N–H and O–H groups in total. The molecule has 1 aromatic heterocycles. The first-order valence-corrected chi connectivity index (χ1v) is 10.3. The van der Waals surface area contributed by atoms with Gasteiger partial charge in [-0.15, -0.1) is 0 Å². The maximum absolute atomic E-state index is 12.6. The molecule has 140 valence electrons. The molecule has 4 aromatic rings. The molecule has 0 unspecified atom stereocenters. The first kappa shape index (κ1) is 18.3. The summed E-state index contributed by atoms with van der Waals surface area (Å²) < 4.78 is 33.6. The normalized spacial score (nSPS) is 11.3. The lowest BCUT2D eigenvalue weighted by molar-refractivity contribution is 0.487. The predicted octanol–water partition coefficient (Wildman–Crippen LogP) is 5.48. The van der Waals surface area contributed by atoms with E-state index < -0.39 is 10.0 Å². The molecule has 4 rings (SSSR count). The molecule has 0 spiro atoms. The van der Waals surface area contributed by atoms with E-state index >= 15 is 0 Å². The summed E-state index contributed by atoms with van der Waals surface area (Å²) in [5.41, 5.74) is 1.12. The highest BCUT2D eigenvalue weighted by atomic mass is 35.5. The Morgan fingerprint density at radius 1 is 0.893 bits per heavy atom. The Balaban J connectivity index is 1.60. The van der Waals surface area contributed by atoms with E-state index in [1.54, 1.807) is 30.5 Å². The number of pyridine rings is 1. The van der Waals surface area contributed by atoms with Crippen LogP contribution in [0.25, 0.3) is 10.9 Å². The van der Waals surface area contributed by atoms with Gasteiger partial charge < -0.3 is 4.74 Å². The molecule has 0 amide bonds. The molecule has 3 aromatic carbocycles. The zero-order valence-electron chi connectivity index (χ0n) is 14.5. The average Bonchev–Trinajstić information content (AvgIpc) is 2.69. The van der Waals surface area contributed by atoms with E-state index in [1.165, 1.54) is 24.3 Å². The van der Waals surface area contributed by atoms with Gasteiger partial charge in [-0.05, 0) is 48.5 Å². The molecule has 7 heteroatoms. The summed E-state index contributed by atoms with van der Waals surface area (Å²) in [7, 11) is -3.73. The minimum absolute atomic E-state index is 0.126. The van der Waals surface area contributed by atoms with Crippen molar-refractivity contribution in [2.75, 3.05) is 4.72 Å². The number of aromatic nitrogens is 1. The van der Waals surface area contributed by atoms with E-state index in [1.807, 2.05) is 30.3 Å². The third-order valence-corrected chi connectivity index (χ3v) is 5.68. The molecule has 5 nitrogen and oxygen atoms in total. The van der Waals surface area contributed by atoms with Crippen LogP contribution < -0.4 is 9.46 Å². The number of hydrogen-bond acceptors (Lipinski definition) is 4. The Morgan fingerprint density at radius 3 is 2.46 bits per heavy atom. The average molecular weight is 411 g/mol. The SMILES string of the molecule is O=S(=O)(Nc1cccc(Oc2cccc3cccnc23)c1)c1ccc(Cl)cc1. The molecule has 0 aliphatic heterocycles. The Kier molecular flexibility index (Phi) is 4.90. The van der Waals surface area contributed by atoms with Crippen LogP contribution in [0.3, 0.4) is 0 Å². The topological polar surface area (TPSA) is 68.3 Å². The highest BCUT2D eigenvalue weighted by Gasteiger charge is 2.14. The fraction of sp³-hybridized carbons (Fsp3) is 0. The molecular formula is C21H15ClN2O3S. The molecule has 0 atom stereocenters. The Labute approximate surface area is 167 Å². The third kappa shape index (κ3) is 3.93. The fourth-order valence-corrected chi connectivity index (χ4v) is 3.91. The smallest absolute Gasteiger partial charge is 0.261 e. The van der Waals surface area contributed by atoms with Crippen LogP contribution in [0.5, 0.6) is 11.5 Å². The van der Waals surface area contributed by atoms with Gasteiger partial charge in [0, 0.05) is 22.7 Å². The fourth-order valence-electron chi connectivity index (χ4n) is 2.74.